The van der Waals surface area contributed by atoms with E-state index < -0.39 is 6.04 Å². The van der Waals surface area contributed by atoms with E-state index in [0.29, 0.717) is 13.2 Å². The van der Waals surface area contributed by atoms with E-state index in [1.54, 1.807) is 7.11 Å². The van der Waals surface area contributed by atoms with Crippen LogP contribution in [0.15, 0.2) is 0 Å². The smallest absolute Gasteiger partial charge is 0.234 e. The van der Waals surface area contributed by atoms with E-state index in [1.165, 1.54) is 6.92 Å². The number of ketones is 1. The first kappa shape index (κ1) is 18.1. The Morgan fingerprint density at radius 3 is 2.16 bits per heavy atom. The maximum atomic E-state index is 12.0. The molecule has 1 unspecified atom stereocenters. The maximum absolute atomic E-state index is 12.0. The molecule has 0 bridgehead atoms. The summed E-state index contributed by atoms with van der Waals surface area (Å²) in [5, 5.41) is 2.81. The van der Waals surface area contributed by atoms with Crippen molar-refractivity contribution >= 4 is 11.7 Å². The maximum Gasteiger partial charge on any atom is 0.234 e. The second kappa shape index (κ2) is 9.04. The minimum Gasteiger partial charge on any atom is -0.383 e. The predicted molar refractivity (Wildman–Crippen MR) is 76.0 cm³/mol. The lowest BCUT2D eigenvalue weighted by Crippen LogP contribution is -2.49. The molecule has 0 aromatic rings. The number of hydrogen-bond donors (Lipinski definition) is 1. The Labute approximate surface area is 116 Å². The predicted octanol–water partition coefficient (Wildman–Crippen LogP) is 1.07. The fourth-order valence-electron chi connectivity index (χ4n) is 1.87. The lowest BCUT2D eigenvalue weighted by Gasteiger charge is -2.27. The first-order chi connectivity index (χ1) is 8.79. The summed E-state index contributed by atoms with van der Waals surface area (Å²) in [6.45, 7) is 11.0. The second-order valence-electron chi connectivity index (χ2n) is 5.46. The highest BCUT2D eigenvalue weighted by Gasteiger charge is 2.22. The molecule has 0 spiro atoms. The Balaban J connectivity index is 4.43. The quantitative estimate of drug-likeness (QED) is 0.682. The van der Waals surface area contributed by atoms with Crippen molar-refractivity contribution in [3.63, 3.8) is 0 Å². The summed E-state index contributed by atoms with van der Waals surface area (Å²) < 4.78 is 5.03. The highest BCUT2D eigenvalue weighted by atomic mass is 16.5. The van der Waals surface area contributed by atoms with Gasteiger partial charge >= 0.3 is 0 Å². The van der Waals surface area contributed by atoms with Gasteiger partial charge in [-0.05, 0) is 26.7 Å². The molecule has 0 aromatic carbocycles. The van der Waals surface area contributed by atoms with Gasteiger partial charge < -0.3 is 10.1 Å². The number of rotatable bonds is 9. The molecule has 0 aliphatic carbocycles. The Bertz CT molecular complexity index is 290. The molecule has 0 fully saturated rings. The van der Waals surface area contributed by atoms with Gasteiger partial charge in [-0.3, -0.25) is 14.5 Å². The molecule has 1 atom stereocenters. The minimum absolute atomic E-state index is 0.00339. The van der Waals surface area contributed by atoms with E-state index in [-0.39, 0.29) is 30.2 Å². The normalized spacial score (nSPS) is 13.1. The van der Waals surface area contributed by atoms with Gasteiger partial charge in [-0.15, -0.1) is 0 Å². The van der Waals surface area contributed by atoms with Crippen molar-refractivity contribution in [2.24, 2.45) is 5.92 Å². The fourth-order valence-corrected chi connectivity index (χ4v) is 1.87. The van der Waals surface area contributed by atoms with Crippen molar-refractivity contribution in [3.05, 3.63) is 0 Å². The highest BCUT2D eigenvalue weighted by Crippen LogP contribution is 2.03. The minimum atomic E-state index is -0.399. The van der Waals surface area contributed by atoms with Gasteiger partial charge in [-0.25, -0.2) is 0 Å². The van der Waals surface area contributed by atoms with Gasteiger partial charge in [0, 0.05) is 19.7 Å². The second-order valence-corrected chi connectivity index (χ2v) is 5.46. The van der Waals surface area contributed by atoms with Crippen LogP contribution in [0.3, 0.4) is 0 Å². The first-order valence-corrected chi connectivity index (χ1v) is 6.82. The molecule has 0 radical (unpaired) electrons. The van der Waals surface area contributed by atoms with Crippen molar-refractivity contribution in [1.29, 1.82) is 0 Å². The first-order valence-electron chi connectivity index (χ1n) is 6.82. The number of ether oxygens (including phenoxy) is 1. The van der Waals surface area contributed by atoms with Crippen LogP contribution < -0.4 is 5.32 Å². The third-order valence-corrected chi connectivity index (χ3v) is 3.08. The fraction of sp³-hybridized carbons (Fsp3) is 0.857. The number of nitrogens with zero attached hydrogens (tertiary/aromatic N) is 1. The third-order valence-electron chi connectivity index (χ3n) is 3.08. The summed E-state index contributed by atoms with van der Waals surface area (Å²) in [5.74, 6) is -0.0111. The highest BCUT2D eigenvalue weighted by molar-refractivity contribution is 5.88. The molecular formula is C14H28N2O3. The molecule has 1 N–H and O–H groups in total. The van der Waals surface area contributed by atoms with Crippen molar-refractivity contribution < 1.29 is 14.3 Å². The van der Waals surface area contributed by atoms with Gasteiger partial charge in [0.05, 0.1) is 19.2 Å². The van der Waals surface area contributed by atoms with Crippen molar-refractivity contribution in [2.75, 3.05) is 26.8 Å². The number of carbonyl (C=O) groups is 2. The van der Waals surface area contributed by atoms with E-state index >= 15 is 0 Å². The Morgan fingerprint density at radius 2 is 1.79 bits per heavy atom. The van der Waals surface area contributed by atoms with Crippen LogP contribution in [-0.4, -0.2) is 55.5 Å². The van der Waals surface area contributed by atoms with Gasteiger partial charge in [0.1, 0.15) is 0 Å². The van der Waals surface area contributed by atoms with Crippen molar-refractivity contribution in [1.82, 2.24) is 10.2 Å². The van der Waals surface area contributed by atoms with Crippen LogP contribution in [0.4, 0.5) is 0 Å². The van der Waals surface area contributed by atoms with E-state index in [4.69, 9.17) is 4.74 Å². The topological polar surface area (TPSA) is 58.6 Å². The van der Waals surface area contributed by atoms with E-state index in [1.807, 2.05) is 32.6 Å². The van der Waals surface area contributed by atoms with Crippen LogP contribution in [0.25, 0.3) is 0 Å². The molecule has 19 heavy (non-hydrogen) atoms. The molecule has 0 rings (SSSR count). The average molecular weight is 272 g/mol. The number of Topliss-reactive ketones (excluding diaryl/α,β-unsaturated/α-hetero) is 1. The van der Waals surface area contributed by atoms with Crippen LogP contribution in [0, 0.1) is 5.92 Å². The molecule has 1 amide bonds. The Morgan fingerprint density at radius 1 is 1.21 bits per heavy atom. The summed E-state index contributed by atoms with van der Waals surface area (Å²) in [7, 11) is 1.64. The Hall–Kier alpha value is -0.940. The SMILES string of the molecule is COCCN(CC(=O)NC(C(C)=O)C(C)C)C(C)C. The van der Waals surface area contributed by atoms with Gasteiger partial charge in [0.2, 0.25) is 5.91 Å². The number of nitrogens with one attached hydrogen (secondary N) is 1. The van der Waals surface area contributed by atoms with Crippen LogP contribution in [0.5, 0.6) is 0 Å². The molecule has 5 nitrogen and oxygen atoms in total. The van der Waals surface area contributed by atoms with Crippen molar-refractivity contribution in [2.45, 2.75) is 46.7 Å². The number of amides is 1. The van der Waals surface area contributed by atoms with Gasteiger partial charge in [-0.1, -0.05) is 13.8 Å². The van der Waals surface area contributed by atoms with Crippen LogP contribution >= 0.6 is 0 Å². The largest absolute Gasteiger partial charge is 0.383 e. The number of methoxy groups -OCH3 is 1. The van der Waals surface area contributed by atoms with Crippen LogP contribution in [0.1, 0.15) is 34.6 Å². The Kier molecular flexibility index (Phi) is 8.59. The standard InChI is InChI=1S/C14H28N2O3/c1-10(2)14(12(5)17)15-13(18)9-16(11(3)4)7-8-19-6/h10-11,14H,7-9H2,1-6H3,(H,15,18). The zero-order valence-electron chi connectivity index (χ0n) is 13.0. The summed E-state index contributed by atoms with van der Waals surface area (Å²) >= 11 is 0. The summed E-state index contributed by atoms with van der Waals surface area (Å²) in [6, 6.07) is -0.139. The van der Waals surface area contributed by atoms with E-state index in [0.717, 1.165) is 0 Å². The molecule has 0 heterocycles. The van der Waals surface area contributed by atoms with Gasteiger partial charge in [-0.2, -0.15) is 0 Å². The number of hydrogen-bond acceptors (Lipinski definition) is 4. The molecule has 0 aliphatic heterocycles. The monoisotopic (exact) mass is 272 g/mol. The molecule has 0 aromatic heterocycles. The van der Waals surface area contributed by atoms with Crippen LogP contribution in [-0.2, 0) is 14.3 Å². The van der Waals surface area contributed by atoms with Crippen LogP contribution in [0.2, 0.25) is 0 Å². The zero-order valence-corrected chi connectivity index (χ0v) is 13.0. The molecule has 112 valence electrons. The number of carbonyl (C=O) groups excluding carboxylic acids is 2. The molecular weight excluding hydrogens is 244 g/mol. The lowest BCUT2D eigenvalue weighted by atomic mass is 10.0. The van der Waals surface area contributed by atoms with Gasteiger partial charge in [0.15, 0.2) is 5.78 Å². The van der Waals surface area contributed by atoms with E-state index in [9.17, 15) is 9.59 Å². The zero-order chi connectivity index (χ0) is 15.0. The summed E-state index contributed by atoms with van der Waals surface area (Å²) in [5.41, 5.74) is 0. The molecule has 0 saturated heterocycles. The third kappa shape index (κ3) is 7.28. The average Bonchev–Trinajstić information content (AvgIpc) is 2.30. The van der Waals surface area contributed by atoms with E-state index in [2.05, 4.69) is 5.32 Å². The summed E-state index contributed by atoms with van der Waals surface area (Å²) in [6.07, 6.45) is 0. The van der Waals surface area contributed by atoms with Crippen molar-refractivity contribution in [3.8, 4) is 0 Å². The molecule has 0 aliphatic rings. The summed E-state index contributed by atoms with van der Waals surface area (Å²) in [4.78, 5) is 25.5. The molecule has 0 saturated carbocycles. The lowest BCUT2D eigenvalue weighted by molar-refractivity contribution is -0.128. The van der Waals surface area contributed by atoms with Gasteiger partial charge in [0.25, 0.3) is 0 Å². The molecule has 5 heteroatoms.